The molecule has 0 bridgehead atoms. The minimum Gasteiger partial charge on any atom is -0.340 e. The number of aryl methyl sites for hydroxylation is 2. The van der Waals surface area contributed by atoms with Crippen LogP contribution in [-0.2, 0) is 11.3 Å². The molecule has 1 aliphatic heterocycles. The zero-order valence-electron chi connectivity index (χ0n) is 19.7. The summed E-state index contributed by atoms with van der Waals surface area (Å²) in [6.07, 6.45) is 6.76. The van der Waals surface area contributed by atoms with Crippen molar-refractivity contribution < 1.29 is 4.79 Å². The highest BCUT2D eigenvalue weighted by atomic mass is 16.2. The Bertz CT molecular complexity index is 1140. The Kier molecular flexibility index (Phi) is 6.04. The van der Waals surface area contributed by atoms with Gasteiger partial charge < -0.3 is 4.90 Å². The number of carbonyl (C=O) groups is 1. The molecule has 172 valence electrons. The molecule has 3 aromatic rings. The first-order valence-corrected chi connectivity index (χ1v) is 12.0. The van der Waals surface area contributed by atoms with Crippen molar-refractivity contribution in [3.05, 3.63) is 71.4 Å². The molecule has 6 heteroatoms. The number of rotatable bonds is 5. The third kappa shape index (κ3) is 4.33. The molecule has 2 aromatic carbocycles. The highest BCUT2D eigenvalue weighted by Crippen LogP contribution is 2.32. The smallest absolute Gasteiger partial charge is 0.241 e. The van der Waals surface area contributed by atoms with E-state index in [0.717, 1.165) is 35.3 Å². The van der Waals surface area contributed by atoms with E-state index in [9.17, 15) is 4.79 Å². The fourth-order valence-electron chi connectivity index (χ4n) is 5.23. The van der Waals surface area contributed by atoms with Crippen molar-refractivity contribution in [3.8, 4) is 16.9 Å². The zero-order valence-corrected chi connectivity index (χ0v) is 19.7. The van der Waals surface area contributed by atoms with E-state index in [1.165, 1.54) is 24.0 Å². The number of benzene rings is 2. The van der Waals surface area contributed by atoms with Crippen LogP contribution in [-0.4, -0.2) is 39.7 Å². The Morgan fingerprint density at radius 2 is 1.85 bits per heavy atom. The molecule has 1 saturated heterocycles. The van der Waals surface area contributed by atoms with E-state index in [1.807, 2.05) is 47.0 Å². The summed E-state index contributed by atoms with van der Waals surface area (Å²) in [6, 6.07) is 16.8. The molecule has 0 radical (unpaired) electrons. The lowest BCUT2D eigenvalue weighted by atomic mass is 9.81. The first-order chi connectivity index (χ1) is 16.0. The normalized spacial score (nSPS) is 22.2. The molecule has 2 fully saturated rings. The molecule has 1 amide bonds. The molecule has 2 heterocycles. The van der Waals surface area contributed by atoms with Gasteiger partial charge in [0, 0.05) is 42.9 Å². The average Bonchev–Trinajstić information content (AvgIpc) is 3.45. The lowest BCUT2D eigenvalue weighted by molar-refractivity contribution is -0.133. The molecule has 5 rings (SSSR count). The lowest BCUT2D eigenvalue weighted by Crippen LogP contribution is -2.46. The standard InChI is InChI=1S/C27H33N5O/c1-18-13-14-20(15-19(18)2)25-21(17-32(30-25)22-9-5-4-6-10-22)16-31(3)27(33)26-23-11-7-8-12-24(23)28-29-26/h4-6,9-10,13-15,17,23-24,26,28-29H,7-8,11-12,16H2,1-3H3. The van der Waals surface area contributed by atoms with Crippen molar-refractivity contribution in [2.24, 2.45) is 5.92 Å². The maximum absolute atomic E-state index is 13.4. The number of carbonyl (C=O) groups excluding carboxylic acids is 1. The van der Waals surface area contributed by atoms with Gasteiger partial charge in [0.1, 0.15) is 6.04 Å². The summed E-state index contributed by atoms with van der Waals surface area (Å²) in [5.74, 6) is 0.523. The van der Waals surface area contributed by atoms with Gasteiger partial charge in [0.05, 0.1) is 11.4 Å². The molecule has 1 aromatic heterocycles. The number of nitrogens with zero attached hydrogens (tertiary/aromatic N) is 3. The van der Waals surface area contributed by atoms with Crippen LogP contribution in [0.4, 0.5) is 0 Å². The number of aromatic nitrogens is 2. The summed E-state index contributed by atoms with van der Waals surface area (Å²) in [5, 5.41) is 4.95. The number of hydrazine groups is 1. The van der Waals surface area contributed by atoms with Gasteiger partial charge in [-0.25, -0.2) is 10.1 Å². The van der Waals surface area contributed by atoms with Crippen LogP contribution in [0.15, 0.2) is 54.7 Å². The molecule has 1 aliphatic carbocycles. The van der Waals surface area contributed by atoms with Crippen molar-refractivity contribution in [1.82, 2.24) is 25.5 Å². The molecule has 3 unspecified atom stereocenters. The Labute approximate surface area is 196 Å². The van der Waals surface area contributed by atoms with Crippen LogP contribution >= 0.6 is 0 Å². The van der Waals surface area contributed by atoms with Crippen molar-refractivity contribution in [3.63, 3.8) is 0 Å². The summed E-state index contributed by atoms with van der Waals surface area (Å²) in [4.78, 5) is 15.3. The maximum atomic E-state index is 13.4. The number of likely N-dealkylation sites (N-methyl/N-ethyl adjacent to an activating group) is 1. The molecule has 2 N–H and O–H groups in total. The van der Waals surface area contributed by atoms with E-state index in [0.29, 0.717) is 18.5 Å². The van der Waals surface area contributed by atoms with Gasteiger partial charge in [0.2, 0.25) is 5.91 Å². The Morgan fingerprint density at radius 1 is 1.06 bits per heavy atom. The van der Waals surface area contributed by atoms with E-state index in [-0.39, 0.29) is 11.9 Å². The number of hydrogen-bond donors (Lipinski definition) is 2. The molecule has 6 nitrogen and oxygen atoms in total. The largest absolute Gasteiger partial charge is 0.340 e. The summed E-state index contributed by atoms with van der Waals surface area (Å²) in [5.41, 5.74) is 13.2. The van der Waals surface area contributed by atoms with Crippen LogP contribution in [0.3, 0.4) is 0 Å². The van der Waals surface area contributed by atoms with E-state index < -0.39 is 0 Å². The fraction of sp³-hybridized carbons (Fsp3) is 0.407. The van der Waals surface area contributed by atoms with Crippen molar-refractivity contribution in [2.75, 3.05) is 7.05 Å². The average molecular weight is 444 g/mol. The predicted molar refractivity (Wildman–Crippen MR) is 131 cm³/mol. The summed E-state index contributed by atoms with van der Waals surface area (Å²) >= 11 is 0. The second-order valence-electron chi connectivity index (χ2n) is 9.60. The number of fused-ring (bicyclic) bond motifs is 1. The van der Waals surface area contributed by atoms with Crippen LogP contribution in [0.2, 0.25) is 0 Å². The zero-order chi connectivity index (χ0) is 22.9. The van der Waals surface area contributed by atoms with Crippen LogP contribution in [0, 0.1) is 19.8 Å². The van der Waals surface area contributed by atoms with E-state index in [2.05, 4.69) is 49.1 Å². The lowest BCUT2D eigenvalue weighted by Gasteiger charge is -2.29. The third-order valence-corrected chi connectivity index (χ3v) is 7.31. The highest BCUT2D eigenvalue weighted by Gasteiger charge is 2.42. The second kappa shape index (κ2) is 9.12. The molecule has 2 aliphatic rings. The summed E-state index contributed by atoms with van der Waals surface area (Å²) in [6.45, 7) is 4.77. The van der Waals surface area contributed by atoms with Crippen molar-refractivity contribution in [1.29, 1.82) is 0 Å². The Morgan fingerprint density at radius 3 is 2.64 bits per heavy atom. The predicted octanol–water partition coefficient (Wildman–Crippen LogP) is 4.15. The third-order valence-electron chi connectivity index (χ3n) is 7.31. The van der Waals surface area contributed by atoms with Crippen molar-refractivity contribution in [2.45, 2.75) is 58.2 Å². The van der Waals surface area contributed by atoms with Gasteiger partial charge in [0.15, 0.2) is 0 Å². The maximum Gasteiger partial charge on any atom is 0.241 e. The molecule has 3 atom stereocenters. The monoisotopic (exact) mass is 443 g/mol. The van der Waals surface area contributed by atoms with Gasteiger partial charge in [0.25, 0.3) is 0 Å². The Balaban J connectivity index is 1.44. The molecule has 0 spiro atoms. The number of nitrogens with one attached hydrogen (secondary N) is 2. The van der Waals surface area contributed by atoms with Crippen LogP contribution in [0.5, 0.6) is 0 Å². The first kappa shape index (κ1) is 21.9. The Hall–Kier alpha value is -2.96. The van der Waals surface area contributed by atoms with Gasteiger partial charge >= 0.3 is 0 Å². The number of hydrogen-bond acceptors (Lipinski definition) is 4. The van der Waals surface area contributed by atoms with Gasteiger partial charge in [-0.1, -0.05) is 43.2 Å². The molecule has 33 heavy (non-hydrogen) atoms. The summed E-state index contributed by atoms with van der Waals surface area (Å²) in [7, 11) is 1.91. The van der Waals surface area contributed by atoms with Gasteiger partial charge in [-0.2, -0.15) is 5.10 Å². The minimum absolute atomic E-state index is 0.149. The molecular formula is C27H33N5O. The van der Waals surface area contributed by atoms with E-state index in [4.69, 9.17) is 5.10 Å². The SMILES string of the molecule is Cc1ccc(-c2nn(-c3ccccc3)cc2CN(C)C(=O)C2NNC3CCCCC32)cc1C. The van der Waals surface area contributed by atoms with Crippen molar-refractivity contribution >= 4 is 5.91 Å². The highest BCUT2D eigenvalue weighted by molar-refractivity contribution is 5.82. The number of para-hydroxylation sites is 1. The fourth-order valence-corrected chi connectivity index (χ4v) is 5.23. The van der Waals surface area contributed by atoms with Crippen LogP contribution in [0.25, 0.3) is 16.9 Å². The van der Waals surface area contributed by atoms with Gasteiger partial charge in [-0.05, 0) is 56.0 Å². The summed E-state index contributed by atoms with van der Waals surface area (Å²) < 4.78 is 1.92. The molecule has 1 saturated carbocycles. The minimum atomic E-state index is -0.158. The van der Waals surface area contributed by atoms with E-state index >= 15 is 0 Å². The first-order valence-electron chi connectivity index (χ1n) is 12.0. The van der Waals surface area contributed by atoms with Crippen LogP contribution < -0.4 is 10.9 Å². The van der Waals surface area contributed by atoms with E-state index in [1.54, 1.807) is 0 Å². The topological polar surface area (TPSA) is 62.2 Å². The molecular weight excluding hydrogens is 410 g/mol. The quantitative estimate of drug-likeness (QED) is 0.622. The second-order valence-corrected chi connectivity index (χ2v) is 9.60. The van der Waals surface area contributed by atoms with Crippen LogP contribution in [0.1, 0.15) is 42.4 Å². The van der Waals surface area contributed by atoms with Gasteiger partial charge in [-0.3, -0.25) is 10.2 Å². The van der Waals surface area contributed by atoms with Gasteiger partial charge in [-0.15, -0.1) is 0 Å². The number of amides is 1.